The molecule has 2 aliphatic carbocycles. The van der Waals surface area contributed by atoms with Crippen molar-refractivity contribution in [3.63, 3.8) is 0 Å². The van der Waals surface area contributed by atoms with Gasteiger partial charge in [-0.2, -0.15) is 0 Å². The summed E-state index contributed by atoms with van der Waals surface area (Å²) in [6, 6.07) is 12.0. The lowest BCUT2D eigenvalue weighted by Gasteiger charge is -2.24. The molecular weight excluding hydrogens is 300 g/mol. The second kappa shape index (κ2) is 5.07. The van der Waals surface area contributed by atoms with Gasteiger partial charge in [-0.25, -0.2) is 0 Å². The number of nitrogens with zero attached hydrogens (tertiary/aromatic N) is 1. The first kappa shape index (κ1) is 14.0. The number of rotatable bonds is 3. The van der Waals surface area contributed by atoms with Crippen molar-refractivity contribution >= 4 is 28.3 Å². The molecule has 122 valence electrons. The third-order valence-electron chi connectivity index (χ3n) is 6.04. The van der Waals surface area contributed by atoms with Crippen LogP contribution in [0.4, 0.5) is 5.69 Å². The molecule has 2 aromatic carbocycles. The van der Waals surface area contributed by atoms with E-state index in [1.54, 1.807) is 4.90 Å². The van der Waals surface area contributed by atoms with Crippen LogP contribution in [-0.4, -0.2) is 24.4 Å². The van der Waals surface area contributed by atoms with Crippen LogP contribution in [0.3, 0.4) is 0 Å². The van der Waals surface area contributed by atoms with E-state index in [1.165, 1.54) is 19.3 Å². The summed E-state index contributed by atoms with van der Waals surface area (Å²) in [5.41, 5.74) is 1.56. The SMILES string of the molecule is O=C(CN1C(=O)c2cccc3cccc1c23)N[C@H]1C[C@@H]2CC[C@@H]1C2. The van der Waals surface area contributed by atoms with Crippen LogP contribution in [0.25, 0.3) is 10.8 Å². The molecule has 3 aliphatic rings. The molecular formula is C20H20N2O2. The number of fused-ring (bicyclic) bond motifs is 2. The lowest BCUT2D eigenvalue weighted by atomic mass is 9.95. The Hall–Kier alpha value is -2.36. The molecule has 24 heavy (non-hydrogen) atoms. The Morgan fingerprint density at radius 1 is 1.12 bits per heavy atom. The molecule has 0 spiro atoms. The molecule has 1 aliphatic heterocycles. The predicted octanol–water partition coefficient (Wildman–Crippen LogP) is 3.10. The van der Waals surface area contributed by atoms with Crippen molar-refractivity contribution in [2.24, 2.45) is 11.8 Å². The van der Waals surface area contributed by atoms with Crippen LogP contribution in [0.1, 0.15) is 36.0 Å². The number of hydrogen-bond acceptors (Lipinski definition) is 2. The number of hydrogen-bond donors (Lipinski definition) is 1. The molecule has 5 rings (SSSR count). The Kier molecular flexibility index (Phi) is 2.96. The van der Waals surface area contributed by atoms with Crippen molar-refractivity contribution in [3.05, 3.63) is 42.0 Å². The molecule has 0 radical (unpaired) electrons. The average Bonchev–Trinajstić information content (AvgIpc) is 3.26. The average molecular weight is 320 g/mol. The van der Waals surface area contributed by atoms with Gasteiger partial charge in [-0.3, -0.25) is 14.5 Å². The second-order valence-electron chi connectivity index (χ2n) is 7.42. The highest BCUT2D eigenvalue weighted by molar-refractivity contribution is 6.26. The molecule has 1 N–H and O–H groups in total. The summed E-state index contributed by atoms with van der Waals surface area (Å²) in [5.74, 6) is 1.34. The highest BCUT2D eigenvalue weighted by Crippen LogP contribution is 2.44. The monoisotopic (exact) mass is 320 g/mol. The van der Waals surface area contributed by atoms with Gasteiger partial charge >= 0.3 is 0 Å². The minimum absolute atomic E-state index is 0.0364. The number of carbonyl (C=O) groups is 2. The fourth-order valence-corrected chi connectivity index (χ4v) is 4.95. The van der Waals surface area contributed by atoms with Crippen LogP contribution in [0, 0.1) is 11.8 Å². The molecule has 4 heteroatoms. The zero-order valence-corrected chi connectivity index (χ0v) is 13.5. The number of anilines is 1. The molecule has 3 atom stereocenters. The van der Waals surface area contributed by atoms with E-state index < -0.39 is 0 Å². The summed E-state index contributed by atoms with van der Waals surface area (Å²) >= 11 is 0. The maximum atomic E-state index is 12.7. The summed E-state index contributed by atoms with van der Waals surface area (Å²) in [7, 11) is 0. The van der Waals surface area contributed by atoms with Crippen LogP contribution in [0.5, 0.6) is 0 Å². The minimum atomic E-state index is -0.0649. The quantitative estimate of drug-likeness (QED) is 0.945. The van der Waals surface area contributed by atoms with Crippen molar-refractivity contribution in [1.29, 1.82) is 0 Å². The molecule has 0 unspecified atom stereocenters. The van der Waals surface area contributed by atoms with E-state index in [1.807, 2.05) is 36.4 Å². The van der Waals surface area contributed by atoms with Crippen LogP contribution >= 0.6 is 0 Å². The first-order valence-corrected chi connectivity index (χ1v) is 8.83. The van der Waals surface area contributed by atoms with Crippen LogP contribution in [-0.2, 0) is 4.79 Å². The van der Waals surface area contributed by atoms with Crippen molar-refractivity contribution in [2.45, 2.75) is 31.7 Å². The Bertz CT molecular complexity index is 855. The Balaban J connectivity index is 1.37. The van der Waals surface area contributed by atoms with Gasteiger partial charge in [0, 0.05) is 17.0 Å². The van der Waals surface area contributed by atoms with Gasteiger partial charge in [-0.15, -0.1) is 0 Å². The summed E-state index contributed by atoms with van der Waals surface area (Å²) < 4.78 is 0. The Morgan fingerprint density at radius 3 is 2.71 bits per heavy atom. The van der Waals surface area contributed by atoms with Crippen LogP contribution in [0.2, 0.25) is 0 Å². The lowest BCUT2D eigenvalue weighted by Crippen LogP contribution is -2.45. The number of amides is 2. The number of nitrogens with one attached hydrogen (secondary N) is 1. The molecule has 2 fully saturated rings. The summed E-state index contributed by atoms with van der Waals surface area (Å²) in [6.45, 7) is 0.112. The zero-order valence-electron chi connectivity index (χ0n) is 13.5. The smallest absolute Gasteiger partial charge is 0.259 e. The van der Waals surface area contributed by atoms with Crippen molar-refractivity contribution in [1.82, 2.24) is 5.32 Å². The second-order valence-corrected chi connectivity index (χ2v) is 7.42. The molecule has 1 heterocycles. The topological polar surface area (TPSA) is 49.4 Å². The summed E-state index contributed by atoms with van der Waals surface area (Å²) in [5, 5.41) is 5.20. The maximum absolute atomic E-state index is 12.7. The number of carbonyl (C=O) groups excluding carboxylic acids is 2. The molecule has 2 bridgehead atoms. The maximum Gasteiger partial charge on any atom is 0.259 e. The fourth-order valence-electron chi connectivity index (χ4n) is 4.95. The van der Waals surface area contributed by atoms with E-state index in [4.69, 9.17) is 0 Å². The standard InChI is InChI=1S/C20H20N2O2/c23-18(21-16-10-12-7-8-14(16)9-12)11-22-17-6-2-4-13-3-1-5-15(19(13)17)20(22)24/h1-6,12,14,16H,7-11H2,(H,21,23)/t12-,14-,16+/m1/s1. The van der Waals surface area contributed by atoms with Crippen molar-refractivity contribution < 1.29 is 9.59 Å². The van der Waals surface area contributed by atoms with E-state index in [-0.39, 0.29) is 18.4 Å². The van der Waals surface area contributed by atoms with Gasteiger partial charge in [-0.1, -0.05) is 30.7 Å². The number of benzene rings is 2. The molecule has 4 nitrogen and oxygen atoms in total. The Morgan fingerprint density at radius 2 is 1.96 bits per heavy atom. The van der Waals surface area contributed by atoms with E-state index >= 15 is 0 Å². The molecule has 0 aromatic heterocycles. The van der Waals surface area contributed by atoms with Crippen LogP contribution in [0.15, 0.2) is 36.4 Å². The van der Waals surface area contributed by atoms with Gasteiger partial charge in [0.1, 0.15) is 6.54 Å². The van der Waals surface area contributed by atoms with E-state index in [0.717, 1.165) is 28.8 Å². The van der Waals surface area contributed by atoms with Gasteiger partial charge in [0.25, 0.3) is 5.91 Å². The highest BCUT2D eigenvalue weighted by atomic mass is 16.2. The lowest BCUT2D eigenvalue weighted by molar-refractivity contribution is -0.120. The van der Waals surface area contributed by atoms with E-state index in [9.17, 15) is 9.59 Å². The molecule has 2 aromatic rings. The van der Waals surface area contributed by atoms with Gasteiger partial charge in [0.15, 0.2) is 0 Å². The molecule has 2 saturated carbocycles. The Labute approximate surface area is 140 Å². The minimum Gasteiger partial charge on any atom is -0.352 e. The van der Waals surface area contributed by atoms with Gasteiger partial charge in [-0.05, 0) is 48.6 Å². The first-order chi connectivity index (χ1) is 11.7. The van der Waals surface area contributed by atoms with Crippen molar-refractivity contribution in [2.75, 3.05) is 11.4 Å². The largest absolute Gasteiger partial charge is 0.352 e. The summed E-state index contributed by atoms with van der Waals surface area (Å²) in [4.78, 5) is 26.9. The van der Waals surface area contributed by atoms with Crippen LogP contribution < -0.4 is 10.2 Å². The predicted molar refractivity (Wildman–Crippen MR) is 93.0 cm³/mol. The van der Waals surface area contributed by atoms with Gasteiger partial charge in [0.2, 0.25) is 5.91 Å². The van der Waals surface area contributed by atoms with E-state index in [0.29, 0.717) is 17.5 Å². The summed E-state index contributed by atoms with van der Waals surface area (Å²) in [6.07, 6.45) is 4.93. The third kappa shape index (κ3) is 1.98. The van der Waals surface area contributed by atoms with E-state index in [2.05, 4.69) is 5.32 Å². The van der Waals surface area contributed by atoms with Crippen molar-refractivity contribution in [3.8, 4) is 0 Å². The highest BCUT2D eigenvalue weighted by Gasteiger charge is 2.40. The zero-order chi connectivity index (χ0) is 16.3. The molecule has 2 amide bonds. The third-order valence-corrected chi connectivity index (χ3v) is 6.04. The van der Waals surface area contributed by atoms with Gasteiger partial charge in [0.05, 0.1) is 5.69 Å². The molecule has 0 saturated heterocycles. The first-order valence-electron chi connectivity index (χ1n) is 8.83. The van der Waals surface area contributed by atoms with Gasteiger partial charge < -0.3 is 5.32 Å². The normalized spacial score (nSPS) is 27.2. The fraction of sp³-hybridized carbons (Fsp3) is 0.400.